The molecule has 2 heterocycles. The largest absolute Gasteiger partial charge is 0.507 e. The SMILES string of the molecule is CCc1cnccc1-c1noc(-c2cc(C)ccc2O)n1. The monoisotopic (exact) mass is 281 g/mol. The Hall–Kier alpha value is -2.69. The fraction of sp³-hybridized carbons (Fsp3) is 0.188. The first-order chi connectivity index (χ1) is 10.2. The molecule has 1 aromatic carbocycles. The molecule has 0 aliphatic heterocycles. The molecule has 0 radical (unpaired) electrons. The van der Waals surface area contributed by atoms with Crippen LogP contribution in [0.25, 0.3) is 22.8 Å². The van der Waals surface area contributed by atoms with Crippen LogP contribution >= 0.6 is 0 Å². The Morgan fingerprint density at radius 3 is 2.86 bits per heavy atom. The molecule has 1 N–H and O–H groups in total. The Kier molecular flexibility index (Phi) is 3.39. The van der Waals surface area contributed by atoms with Gasteiger partial charge in [-0.05, 0) is 37.1 Å². The summed E-state index contributed by atoms with van der Waals surface area (Å²) in [5.41, 5.74) is 3.51. The van der Waals surface area contributed by atoms with Crippen molar-refractivity contribution in [2.24, 2.45) is 0 Å². The summed E-state index contributed by atoms with van der Waals surface area (Å²) in [4.78, 5) is 8.50. The number of phenols is 1. The first-order valence-electron chi connectivity index (χ1n) is 6.76. The maximum absolute atomic E-state index is 9.93. The minimum atomic E-state index is 0.126. The van der Waals surface area contributed by atoms with Crippen LogP contribution in [-0.2, 0) is 6.42 Å². The van der Waals surface area contributed by atoms with Crippen LogP contribution in [0.4, 0.5) is 0 Å². The number of aromatic hydroxyl groups is 1. The van der Waals surface area contributed by atoms with Gasteiger partial charge in [-0.3, -0.25) is 4.98 Å². The van der Waals surface area contributed by atoms with Gasteiger partial charge < -0.3 is 9.63 Å². The van der Waals surface area contributed by atoms with E-state index >= 15 is 0 Å². The zero-order valence-electron chi connectivity index (χ0n) is 11.9. The highest BCUT2D eigenvalue weighted by molar-refractivity contribution is 5.66. The zero-order valence-corrected chi connectivity index (χ0v) is 11.9. The number of hydrogen-bond acceptors (Lipinski definition) is 5. The highest BCUT2D eigenvalue weighted by atomic mass is 16.5. The van der Waals surface area contributed by atoms with Gasteiger partial charge in [-0.15, -0.1) is 0 Å². The average molecular weight is 281 g/mol. The molecular weight excluding hydrogens is 266 g/mol. The summed E-state index contributed by atoms with van der Waals surface area (Å²) in [7, 11) is 0. The molecule has 0 bridgehead atoms. The van der Waals surface area contributed by atoms with Crippen LogP contribution in [0.2, 0.25) is 0 Å². The van der Waals surface area contributed by atoms with Gasteiger partial charge in [0.15, 0.2) is 0 Å². The van der Waals surface area contributed by atoms with Crippen molar-refractivity contribution in [3.8, 4) is 28.6 Å². The summed E-state index contributed by atoms with van der Waals surface area (Å²) >= 11 is 0. The molecule has 5 nitrogen and oxygen atoms in total. The number of aromatic nitrogens is 3. The molecule has 0 atom stereocenters. The van der Waals surface area contributed by atoms with Gasteiger partial charge >= 0.3 is 0 Å². The molecule has 2 aromatic heterocycles. The van der Waals surface area contributed by atoms with Crippen molar-refractivity contribution in [3.05, 3.63) is 47.8 Å². The summed E-state index contributed by atoms with van der Waals surface area (Å²) in [6.07, 6.45) is 4.34. The second kappa shape index (κ2) is 5.36. The second-order valence-corrected chi connectivity index (χ2v) is 4.83. The summed E-state index contributed by atoms with van der Waals surface area (Å²) in [6, 6.07) is 7.14. The maximum Gasteiger partial charge on any atom is 0.262 e. The van der Waals surface area contributed by atoms with Crippen molar-refractivity contribution in [1.29, 1.82) is 0 Å². The lowest BCUT2D eigenvalue weighted by molar-refractivity contribution is 0.425. The van der Waals surface area contributed by atoms with Gasteiger partial charge in [-0.25, -0.2) is 0 Å². The highest BCUT2D eigenvalue weighted by Gasteiger charge is 2.15. The molecular formula is C16H15N3O2. The standard InChI is InChI=1S/C16H15N3O2/c1-3-11-9-17-7-6-12(11)15-18-16(21-19-15)13-8-10(2)4-5-14(13)20/h4-9,20H,3H2,1-2H3. The van der Waals surface area contributed by atoms with Gasteiger partial charge in [0, 0.05) is 18.0 Å². The Bertz CT molecular complexity index is 781. The van der Waals surface area contributed by atoms with Crippen molar-refractivity contribution < 1.29 is 9.63 Å². The lowest BCUT2D eigenvalue weighted by Crippen LogP contribution is -1.90. The zero-order chi connectivity index (χ0) is 14.8. The quantitative estimate of drug-likeness (QED) is 0.796. The fourth-order valence-electron chi connectivity index (χ4n) is 2.19. The van der Waals surface area contributed by atoms with Crippen LogP contribution in [0.5, 0.6) is 5.75 Å². The van der Waals surface area contributed by atoms with E-state index in [4.69, 9.17) is 4.52 Å². The van der Waals surface area contributed by atoms with E-state index in [1.807, 2.05) is 32.0 Å². The molecule has 0 amide bonds. The first kappa shape index (κ1) is 13.3. The van der Waals surface area contributed by atoms with Crippen LogP contribution in [0, 0.1) is 6.92 Å². The number of pyridine rings is 1. The lowest BCUT2D eigenvalue weighted by Gasteiger charge is -2.01. The van der Waals surface area contributed by atoms with Crippen molar-refractivity contribution in [2.45, 2.75) is 20.3 Å². The molecule has 106 valence electrons. The number of aryl methyl sites for hydroxylation is 2. The normalized spacial score (nSPS) is 10.8. The van der Waals surface area contributed by atoms with Crippen LogP contribution in [0.1, 0.15) is 18.1 Å². The van der Waals surface area contributed by atoms with E-state index in [9.17, 15) is 5.11 Å². The predicted octanol–water partition coefficient (Wildman–Crippen LogP) is 3.38. The molecule has 0 fully saturated rings. The summed E-state index contributed by atoms with van der Waals surface area (Å²) in [6.45, 7) is 3.99. The molecule has 21 heavy (non-hydrogen) atoms. The third-order valence-electron chi connectivity index (χ3n) is 3.33. The molecule has 0 saturated heterocycles. The van der Waals surface area contributed by atoms with Gasteiger partial charge in [0.05, 0.1) is 5.56 Å². The van der Waals surface area contributed by atoms with Crippen LogP contribution in [0.15, 0.2) is 41.2 Å². The molecule has 0 aliphatic carbocycles. The van der Waals surface area contributed by atoms with Gasteiger partial charge in [-0.1, -0.05) is 23.7 Å². The van der Waals surface area contributed by atoms with Gasteiger partial charge in [-0.2, -0.15) is 4.98 Å². The highest BCUT2D eigenvalue weighted by Crippen LogP contribution is 2.30. The van der Waals surface area contributed by atoms with E-state index in [1.54, 1.807) is 18.5 Å². The summed E-state index contributed by atoms with van der Waals surface area (Å²) in [5, 5.41) is 13.9. The van der Waals surface area contributed by atoms with E-state index in [-0.39, 0.29) is 5.75 Å². The molecule has 0 saturated carbocycles. The van der Waals surface area contributed by atoms with Crippen molar-refractivity contribution in [2.75, 3.05) is 0 Å². The number of hydrogen-bond donors (Lipinski definition) is 1. The van der Waals surface area contributed by atoms with Gasteiger partial charge in [0.1, 0.15) is 5.75 Å². The van der Waals surface area contributed by atoms with E-state index in [1.165, 1.54) is 0 Å². The smallest absolute Gasteiger partial charge is 0.262 e. The fourth-order valence-corrected chi connectivity index (χ4v) is 2.19. The van der Waals surface area contributed by atoms with E-state index in [2.05, 4.69) is 15.1 Å². The molecule has 0 unspecified atom stereocenters. The summed E-state index contributed by atoms with van der Waals surface area (Å²) < 4.78 is 5.30. The first-order valence-corrected chi connectivity index (χ1v) is 6.76. The Morgan fingerprint density at radius 2 is 2.05 bits per heavy atom. The topological polar surface area (TPSA) is 72.0 Å². The molecule has 0 aliphatic rings. The Labute approximate surface area is 122 Å². The minimum Gasteiger partial charge on any atom is -0.507 e. The minimum absolute atomic E-state index is 0.126. The van der Waals surface area contributed by atoms with E-state index < -0.39 is 0 Å². The number of rotatable bonds is 3. The predicted molar refractivity (Wildman–Crippen MR) is 78.7 cm³/mol. The maximum atomic E-state index is 9.93. The molecule has 3 rings (SSSR count). The van der Waals surface area contributed by atoms with E-state index in [0.717, 1.165) is 23.1 Å². The molecule has 3 aromatic rings. The van der Waals surface area contributed by atoms with Crippen LogP contribution < -0.4 is 0 Å². The van der Waals surface area contributed by atoms with Crippen LogP contribution in [0.3, 0.4) is 0 Å². The van der Waals surface area contributed by atoms with Crippen molar-refractivity contribution in [3.63, 3.8) is 0 Å². The second-order valence-electron chi connectivity index (χ2n) is 4.83. The number of phenolic OH excluding ortho intramolecular Hbond substituents is 1. The van der Waals surface area contributed by atoms with Gasteiger partial charge in [0.2, 0.25) is 5.82 Å². The third kappa shape index (κ3) is 2.50. The Morgan fingerprint density at radius 1 is 1.19 bits per heavy atom. The third-order valence-corrected chi connectivity index (χ3v) is 3.33. The number of benzene rings is 1. The average Bonchev–Trinajstić information content (AvgIpc) is 2.99. The van der Waals surface area contributed by atoms with Crippen molar-refractivity contribution in [1.82, 2.24) is 15.1 Å². The molecule has 5 heteroatoms. The van der Waals surface area contributed by atoms with Gasteiger partial charge in [0.25, 0.3) is 5.89 Å². The number of nitrogens with zero attached hydrogens (tertiary/aromatic N) is 3. The summed E-state index contributed by atoms with van der Waals surface area (Å²) in [5.74, 6) is 0.941. The Balaban J connectivity index is 2.06. The van der Waals surface area contributed by atoms with Crippen LogP contribution in [-0.4, -0.2) is 20.2 Å². The lowest BCUT2D eigenvalue weighted by atomic mass is 10.1. The van der Waals surface area contributed by atoms with E-state index in [0.29, 0.717) is 17.3 Å². The molecule has 0 spiro atoms. The van der Waals surface area contributed by atoms with Crippen molar-refractivity contribution >= 4 is 0 Å².